The van der Waals surface area contributed by atoms with Crippen molar-refractivity contribution in [3.63, 3.8) is 0 Å². The van der Waals surface area contributed by atoms with Gasteiger partial charge < -0.3 is 20.1 Å². The fourth-order valence-electron chi connectivity index (χ4n) is 1.90. The minimum Gasteiger partial charge on any atom is -0.491 e. The quantitative estimate of drug-likeness (QED) is 0.733. The van der Waals surface area contributed by atoms with Crippen LogP contribution in [0.15, 0.2) is 47.3 Å². The molecule has 2 rings (SSSR count). The molecule has 0 spiro atoms. The summed E-state index contributed by atoms with van der Waals surface area (Å²) in [5, 5.41) is 12.1. The Balaban J connectivity index is 1.84. The third kappa shape index (κ3) is 5.64. The van der Waals surface area contributed by atoms with Crippen molar-refractivity contribution in [1.82, 2.24) is 10.3 Å². The number of aliphatic hydroxyl groups excluding tert-OH is 1. The number of carbonyl (C=O) groups is 1. The molecule has 1 aromatic carbocycles. The van der Waals surface area contributed by atoms with Crippen LogP contribution in [0.25, 0.3) is 0 Å². The van der Waals surface area contributed by atoms with Crippen LogP contribution in [0.5, 0.6) is 5.75 Å². The molecule has 0 aliphatic heterocycles. The highest BCUT2D eigenvalue weighted by Gasteiger charge is 2.30. The monoisotopic (exact) mass is 356 g/mol. The molecule has 1 amide bonds. The number of hydrogen-bond donors (Lipinski definition) is 3. The molecule has 1 atom stereocenters. The average Bonchev–Trinajstić information content (AvgIpc) is 2.57. The zero-order valence-corrected chi connectivity index (χ0v) is 12.8. The van der Waals surface area contributed by atoms with E-state index in [0.717, 1.165) is 12.1 Å². The van der Waals surface area contributed by atoms with E-state index < -0.39 is 29.3 Å². The minimum atomic E-state index is -4.49. The first-order valence-electron chi connectivity index (χ1n) is 7.21. The Hall–Kier alpha value is -2.81. The van der Waals surface area contributed by atoms with Crippen molar-refractivity contribution in [2.45, 2.75) is 12.3 Å². The Morgan fingerprint density at radius 1 is 1.24 bits per heavy atom. The molecule has 9 heteroatoms. The molecule has 0 aliphatic carbocycles. The third-order valence-electron chi connectivity index (χ3n) is 3.11. The van der Waals surface area contributed by atoms with Gasteiger partial charge in [0.2, 0.25) is 5.56 Å². The maximum absolute atomic E-state index is 12.6. The Kier molecular flexibility index (Phi) is 5.81. The molecule has 1 heterocycles. The number of alkyl halides is 3. The van der Waals surface area contributed by atoms with E-state index in [1.54, 1.807) is 0 Å². The highest BCUT2D eigenvalue weighted by molar-refractivity contribution is 5.92. The maximum Gasteiger partial charge on any atom is 0.416 e. The van der Waals surface area contributed by atoms with Gasteiger partial charge in [0.15, 0.2) is 0 Å². The lowest BCUT2D eigenvalue weighted by Gasteiger charge is -2.14. The second-order valence-electron chi connectivity index (χ2n) is 5.13. The highest BCUT2D eigenvalue weighted by Crippen LogP contribution is 2.31. The van der Waals surface area contributed by atoms with E-state index in [0.29, 0.717) is 0 Å². The van der Waals surface area contributed by atoms with E-state index >= 15 is 0 Å². The number of carbonyl (C=O) groups excluding carboxylic acids is 1. The van der Waals surface area contributed by atoms with Crippen LogP contribution in [0, 0.1) is 0 Å². The number of aromatic amines is 1. The van der Waals surface area contributed by atoms with Gasteiger partial charge >= 0.3 is 6.18 Å². The number of amides is 1. The Labute approximate surface area is 140 Å². The van der Waals surface area contributed by atoms with Crippen LogP contribution in [0.4, 0.5) is 13.2 Å². The van der Waals surface area contributed by atoms with Crippen molar-refractivity contribution in [3.05, 3.63) is 64.1 Å². The van der Waals surface area contributed by atoms with Crippen molar-refractivity contribution < 1.29 is 27.8 Å². The lowest BCUT2D eigenvalue weighted by Crippen LogP contribution is -2.36. The number of aromatic nitrogens is 1. The minimum absolute atomic E-state index is 0.0264. The summed E-state index contributed by atoms with van der Waals surface area (Å²) >= 11 is 0. The number of pyridine rings is 1. The number of aliphatic hydroxyl groups is 1. The SMILES string of the molecule is O=C(NC[C@H](O)COc1cccc(C(F)(F)F)c1)c1cccc(=O)[nH]1. The molecule has 25 heavy (non-hydrogen) atoms. The Morgan fingerprint density at radius 3 is 2.64 bits per heavy atom. The molecule has 6 nitrogen and oxygen atoms in total. The zero-order chi connectivity index (χ0) is 18.4. The van der Waals surface area contributed by atoms with E-state index in [1.807, 2.05) is 0 Å². The number of rotatable bonds is 6. The summed E-state index contributed by atoms with van der Waals surface area (Å²) in [4.78, 5) is 25.2. The van der Waals surface area contributed by atoms with Crippen LogP contribution in [-0.2, 0) is 6.18 Å². The fourth-order valence-corrected chi connectivity index (χ4v) is 1.90. The van der Waals surface area contributed by atoms with Crippen molar-refractivity contribution in [2.75, 3.05) is 13.2 Å². The van der Waals surface area contributed by atoms with Crippen LogP contribution < -0.4 is 15.6 Å². The standard InChI is InChI=1S/C16H15F3N2O4/c17-16(18,19)10-3-1-4-12(7-10)25-9-11(22)8-20-15(24)13-5-2-6-14(23)21-13/h1-7,11,22H,8-9H2,(H,20,24)(H,21,23)/t11-/m0/s1. The molecule has 0 saturated heterocycles. The van der Waals surface area contributed by atoms with Gasteiger partial charge in [0.05, 0.1) is 5.56 Å². The van der Waals surface area contributed by atoms with Gasteiger partial charge in [-0.25, -0.2) is 0 Å². The molecule has 2 aromatic rings. The molecule has 0 bridgehead atoms. The number of nitrogens with one attached hydrogen (secondary N) is 2. The van der Waals surface area contributed by atoms with E-state index in [1.165, 1.54) is 30.3 Å². The molecule has 0 saturated carbocycles. The summed E-state index contributed by atoms with van der Waals surface area (Å²) in [5.74, 6) is -0.650. The van der Waals surface area contributed by atoms with E-state index in [9.17, 15) is 27.9 Å². The van der Waals surface area contributed by atoms with Gasteiger partial charge in [0, 0.05) is 12.6 Å². The van der Waals surface area contributed by atoms with Crippen LogP contribution in [0.2, 0.25) is 0 Å². The first-order valence-corrected chi connectivity index (χ1v) is 7.21. The first kappa shape index (κ1) is 18.5. The number of ether oxygens (including phenoxy) is 1. The predicted molar refractivity (Wildman–Crippen MR) is 82.3 cm³/mol. The summed E-state index contributed by atoms with van der Waals surface area (Å²) in [7, 11) is 0. The molecule has 0 fully saturated rings. The van der Waals surface area contributed by atoms with Crippen molar-refractivity contribution in [3.8, 4) is 5.75 Å². The lowest BCUT2D eigenvalue weighted by molar-refractivity contribution is -0.137. The zero-order valence-electron chi connectivity index (χ0n) is 12.8. The van der Waals surface area contributed by atoms with Crippen molar-refractivity contribution >= 4 is 5.91 Å². The molecular weight excluding hydrogens is 341 g/mol. The Bertz CT molecular complexity index is 789. The van der Waals surface area contributed by atoms with Gasteiger partial charge in [-0.2, -0.15) is 13.2 Å². The van der Waals surface area contributed by atoms with Crippen molar-refractivity contribution in [1.29, 1.82) is 0 Å². The maximum atomic E-state index is 12.6. The number of halogens is 3. The molecule has 3 N–H and O–H groups in total. The molecule has 0 aliphatic rings. The molecule has 134 valence electrons. The highest BCUT2D eigenvalue weighted by atomic mass is 19.4. The van der Waals surface area contributed by atoms with Crippen molar-refractivity contribution in [2.24, 2.45) is 0 Å². The van der Waals surface area contributed by atoms with Crippen LogP contribution >= 0.6 is 0 Å². The second-order valence-corrected chi connectivity index (χ2v) is 5.13. The summed E-state index contributed by atoms with van der Waals surface area (Å²) in [5.41, 5.74) is -1.28. The lowest BCUT2D eigenvalue weighted by atomic mass is 10.2. The number of hydrogen-bond acceptors (Lipinski definition) is 4. The molecule has 0 unspecified atom stereocenters. The van der Waals surface area contributed by atoms with E-state index in [2.05, 4.69) is 10.3 Å². The predicted octanol–water partition coefficient (Wildman–Crippen LogP) is 1.56. The van der Waals surface area contributed by atoms with E-state index in [-0.39, 0.29) is 24.6 Å². The third-order valence-corrected chi connectivity index (χ3v) is 3.11. The second kappa shape index (κ2) is 7.84. The van der Waals surface area contributed by atoms with Gasteiger partial charge in [-0.15, -0.1) is 0 Å². The normalized spacial score (nSPS) is 12.5. The topological polar surface area (TPSA) is 91.4 Å². The number of H-pyrrole nitrogens is 1. The van der Waals surface area contributed by atoms with Gasteiger partial charge in [0.25, 0.3) is 5.91 Å². The first-order chi connectivity index (χ1) is 11.8. The smallest absolute Gasteiger partial charge is 0.416 e. The van der Waals surface area contributed by atoms with Gasteiger partial charge in [-0.05, 0) is 24.3 Å². The summed E-state index contributed by atoms with van der Waals surface area (Å²) < 4.78 is 42.9. The van der Waals surface area contributed by atoms with E-state index in [4.69, 9.17) is 4.74 Å². The van der Waals surface area contributed by atoms with Crippen LogP contribution in [0.1, 0.15) is 16.1 Å². The van der Waals surface area contributed by atoms with Crippen LogP contribution in [-0.4, -0.2) is 35.3 Å². The summed E-state index contributed by atoms with van der Waals surface area (Å²) in [6.45, 7) is -0.512. The molecule has 1 aromatic heterocycles. The summed E-state index contributed by atoms with van der Waals surface area (Å²) in [6.07, 6.45) is -5.63. The fraction of sp³-hybridized carbons (Fsp3) is 0.250. The average molecular weight is 356 g/mol. The van der Waals surface area contributed by atoms with Gasteiger partial charge in [0.1, 0.15) is 24.2 Å². The molecule has 0 radical (unpaired) electrons. The molecular formula is C16H15F3N2O4. The van der Waals surface area contributed by atoms with Crippen LogP contribution in [0.3, 0.4) is 0 Å². The Morgan fingerprint density at radius 2 is 1.96 bits per heavy atom. The number of benzene rings is 1. The van der Waals surface area contributed by atoms with Gasteiger partial charge in [-0.3, -0.25) is 9.59 Å². The summed E-state index contributed by atoms with van der Waals surface area (Å²) in [6, 6.07) is 8.29. The van der Waals surface area contributed by atoms with Gasteiger partial charge in [-0.1, -0.05) is 12.1 Å². The largest absolute Gasteiger partial charge is 0.491 e.